The van der Waals surface area contributed by atoms with E-state index in [0.717, 1.165) is 42.6 Å². The third-order valence-corrected chi connectivity index (χ3v) is 7.96. The largest absolute Gasteiger partial charge is 0.482 e. The number of amides is 1. The van der Waals surface area contributed by atoms with Crippen LogP contribution in [-0.4, -0.2) is 26.4 Å². The molecule has 1 N–H and O–H groups in total. The Bertz CT molecular complexity index is 1220. The van der Waals surface area contributed by atoms with Gasteiger partial charge < -0.3 is 14.6 Å². The zero-order valence-corrected chi connectivity index (χ0v) is 20.9. The number of nitrogens with one attached hydrogen (secondary N) is 1. The summed E-state index contributed by atoms with van der Waals surface area (Å²) in [6.45, 7) is 6.01. The zero-order chi connectivity index (χ0) is 23.5. The van der Waals surface area contributed by atoms with E-state index in [9.17, 15) is 10.1 Å². The highest BCUT2D eigenvalue weighted by molar-refractivity contribution is 7.99. The second kappa shape index (κ2) is 9.98. The minimum atomic E-state index is -0.289. The van der Waals surface area contributed by atoms with Gasteiger partial charge in [0.1, 0.15) is 16.8 Å². The average Bonchev–Trinajstić information content (AvgIpc) is 3.33. The molecule has 0 bridgehead atoms. The van der Waals surface area contributed by atoms with Gasteiger partial charge in [0.15, 0.2) is 17.1 Å². The van der Waals surface area contributed by atoms with Crippen LogP contribution < -0.4 is 10.1 Å². The van der Waals surface area contributed by atoms with Crippen LogP contribution in [0.1, 0.15) is 58.8 Å². The minimum Gasteiger partial charge on any atom is -0.482 e. The van der Waals surface area contributed by atoms with E-state index in [4.69, 9.17) is 4.74 Å². The van der Waals surface area contributed by atoms with Gasteiger partial charge in [-0.15, -0.1) is 21.5 Å². The van der Waals surface area contributed by atoms with Crippen LogP contribution in [0.4, 0.5) is 5.00 Å². The highest BCUT2D eigenvalue weighted by Gasteiger charge is 2.23. The molecule has 7 nitrogen and oxygen atoms in total. The average molecular weight is 482 g/mol. The predicted molar refractivity (Wildman–Crippen MR) is 131 cm³/mol. The smallest absolute Gasteiger partial charge is 0.235 e. The Labute approximate surface area is 202 Å². The maximum Gasteiger partial charge on any atom is 0.235 e. The van der Waals surface area contributed by atoms with Crippen LogP contribution >= 0.6 is 23.1 Å². The lowest BCUT2D eigenvalue weighted by molar-refractivity contribution is -0.113. The van der Waals surface area contributed by atoms with Gasteiger partial charge in [-0.25, -0.2) is 0 Å². The fourth-order valence-corrected chi connectivity index (χ4v) is 6.02. The number of anilines is 1. The molecule has 9 heteroatoms. The highest BCUT2D eigenvalue weighted by atomic mass is 32.2. The van der Waals surface area contributed by atoms with Crippen LogP contribution in [0.15, 0.2) is 23.4 Å². The van der Waals surface area contributed by atoms with Crippen molar-refractivity contribution in [2.75, 3.05) is 11.1 Å². The molecule has 4 rings (SSSR count). The van der Waals surface area contributed by atoms with Gasteiger partial charge in [-0.2, -0.15) is 5.26 Å². The number of nitriles is 1. The Morgan fingerprint density at radius 3 is 2.88 bits per heavy atom. The van der Waals surface area contributed by atoms with Crippen molar-refractivity contribution in [3.05, 3.63) is 51.2 Å². The molecular weight excluding hydrogens is 454 g/mol. The Morgan fingerprint density at radius 2 is 2.12 bits per heavy atom. The third-order valence-electron chi connectivity index (χ3n) is 5.73. The monoisotopic (exact) mass is 481 g/mol. The first kappa shape index (κ1) is 23.3. The maximum absolute atomic E-state index is 12.6. The summed E-state index contributed by atoms with van der Waals surface area (Å²) < 4.78 is 7.97. The van der Waals surface area contributed by atoms with Gasteiger partial charge in [-0.3, -0.25) is 4.79 Å². The normalized spacial score (nSPS) is 13.8. The minimum absolute atomic E-state index is 0.153. The van der Waals surface area contributed by atoms with Crippen molar-refractivity contribution in [2.24, 2.45) is 7.05 Å². The third kappa shape index (κ3) is 5.07. The van der Waals surface area contributed by atoms with Crippen LogP contribution in [0.5, 0.6) is 5.75 Å². The predicted octanol–water partition coefficient (Wildman–Crippen LogP) is 5.11. The second-order valence-electron chi connectivity index (χ2n) is 8.29. The first-order valence-electron chi connectivity index (χ1n) is 11.0. The van der Waals surface area contributed by atoms with Gasteiger partial charge in [0.25, 0.3) is 0 Å². The summed E-state index contributed by atoms with van der Waals surface area (Å²) in [6.07, 6.45) is 3.86. The number of rotatable bonds is 7. The van der Waals surface area contributed by atoms with Crippen molar-refractivity contribution in [1.29, 1.82) is 5.26 Å². The van der Waals surface area contributed by atoms with Crippen molar-refractivity contribution in [2.45, 2.75) is 57.7 Å². The SMILES string of the molecule is Cc1ccc(OC(C)c2nnc(SCC(=O)Nc3sc4c(c3C#N)CCCC4)n2C)c(C)c1. The number of carbonyl (C=O) groups is 1. The molecule has 0 saturated heterocycles. The summed E-state index contributed by atoms with van der Waals surface area (Å²) in [7, 11) is 1.87. The highest BCUT2D eigenvalue weighted by Crippen LogP contribution is 2.37. The fraction of sp³-hybridized carbons (Fsp3) is 0.417. The number of nitrogens with zero attached hydrogens (tertiary/aromatic N) is 4. The number of benzene rings is 1. The van der Waals surface area contributed by atoms with Crippen LogP contribution in [0.3, 0.4) is 0 Å². The van der Waals surface area contributed by atoms with Crippen LogP contribution in [0, 0.1) is 25.2 Å². The quantitative estimate of drug-likeness (QED) is 0.471. The second-order valence-corrected chi connectivity index (χ2v) is 10.3. The van der Waals surface area contributed by atoms with Crippen LogP contribution in [0.2, 0.25) is 0 Å². The summed E-state index contributed by atoms with van der Waals surface area (Å²) in [5.41, 5.74) is 4.01. The molecule has 1 unspecified atom stereocenters. The van der Waals surface area contributed by atoms with E-state index < -0.39 is 0 Å². The van der Waals surface area contributed by atoms with E-state index in [1.54, 1.807) is 0 Å². The van der Waals surface area contributed by atoms with E-state index in [1.807, 2.05) is 37.6 Å². The number of fused-ring (bicyclic) bond motifs is 1. The lowest BCUT2D eigenvalue weighted by atomic mass is 9.96. The summed E-state index contributed by atoms with van der Waals surface area (Å²) in [6, 6.07) is 8.36. The lowest BCUT2D eigenvalue weighted by Gasteiger charge is -2.16. The Hall–Kier alpha value is -2.83. The molecule has 1 amide bonds. The number of carbonyl (C=O) groups excluding carboxylic acids is 1. The summed E-state index contributed by atoms with van der Waals surface area (Å²) in [5, 5.41) is 22.4. The molecule has 0 spiro atoms. The van der Waals surface area contributed by atoms with E-state index in [-0.39, 0.29) is 17.8 Å². The first-order chi connectivity index (χ1) is 15.9. The number of hydrogen-bond donors (Lipinski definition) is 1. The first-order valence-corrected chi connectivity index (χ1v) is 12.8. The molecular formula is C24H27N5O2S2. The van der Waals surface area contributed by atoms with Crippen molar-refractivity contribution < 1.29 is 9.53 Å². The Kier molecular flexibility index (Phi) is 7.05. The van der Waals surface area contributed by atoms with Crippen molar-refractivity contribution in [3.8, 4) is 11.8 Å². The Morgan fingerprint density at radius 1 is 1.33 bits per heavy atom. The fourth-order valence-electron chi connectivity index (χ4n) is 4.05. The summed E-state index contributed by atoms with van der Waals surface area (Å²) >= 11 is 2.85. The molecule has 0 radical (unpaired) electrons. The molecule has 3 aromatic rings. The molecule has 0 aliphatic heterocycles. The molecule has 0 fully saturated rings. The van der Waals surface area contributed by atoms with Gasteiger partial charge in [0.05, 0.1) is 11.3 Å². The lowest BCUT2D eigenvalue weighted by Crippen LogP contribution is -2.15. The molecule has 33 heavy (non-hydrogen) atoms. The molecule has 0 saturated carbocycles. The van der Waals surface area contributed by atoms with Crippen molar-refractivity contribution in [3.63, 3.8) is 0 Å². The summed E-state index contributed by atoms with van der Waals surface area (Å²) in [5.74, 6) is 1.54. The van der Waals surface area contributed by atoms with Crippen LogP contribution in [0.25, 0.3) is 0 Å². The Balaban J connectivity index is 1.38. The topological polar surface area (TPSA) is 92.8 Å². The number of aromatic nitrogens is 3. The van der Waals surface area contributed by atoms with Crippen LogP contribution in [-0.2, 0) is 24.7 Å². The molecule has 172 valence electrons. The number of thioether (sulfide) groups is 1. The molecule has 1 aromatic carbocycles. The van der Waals surface area contributed by atoms with E-state index in [1.165, 1.54) is 33.5 Å². The standard InChI is InChI=1S/C24H27N5O2S2/c1-14-9-10-19(15(2)11-14)31-16(3)22-27-28-24(29(22)4)32-13-21(30)26-23-18(12-25)17-7-5-6-8-20(17)33-23/h9-11,16H,5-8,13H2,1-4H3,(H,26,30). The van der Waals surface area contributed by atoms with Gasteiger partial charge in [0, 0.05) is 11.9 Å². The molecule has 1 aliphatic rings. The van der Waals surface area contributed by atoms with Gasteiger partial charge in [-0.05, 0) is 63.6 Å². The zero-order valence-electron chi connectivity index (χ0n) is 19.3. The van der Waals surface area contributed by atoms with E-state index >= 15 is 0 Å². The van der Waals surface area contributed by atoms with Gasteiger partial charge in [0.2, 0.25) is 5.91 Å². The van der Waals surface area contributed by atoms with E-state index in [2.05, 4.69) is 34.6 Å². The van der Waals surface area contributed by atoms with Crippen molar-refractivity contribution in [1.82, 2.24) is 14.8 Å². The maximum atomic E-state index is 12.6. The number of thiophene rings is 1. The van der Waals surface area contributed by atoms with Gasteiger partial charge in [-0.1, -0.05) is 29.5 Å². The number of ether oxygens (including phenoxy) is 1. The molecule has 2 aromatic heterocycles. The number of hydrogen-bond acceptors (Lipinski definition) is 7. The van der Waals surface area contributed by atoms with Crippen molar-refractivity contribution >= 4 is 34.0 Å². The molecule has 1 atom stereocenters. The molecule has 2 heterocycles. The molecule has 1 aliphatic carbocycles. The summed E-state index contributed by atoms with van der Waals surface area (Å²) in [4.78, 5) is 13.8. The van der Waals surface area contributed by atoms with E-state index in [0.29, 0.717) is 21.5 Å². The van der Waals surface area contributed by atoms with Gasteiger partial charge >= 0.3 is 0 Å². The number of aryl methyl sites for hydroxylation is 3.